The van der Waals surface area contributed by atoms with Crippen LogP contribution in [-0.2, 0) is 5.41 Å². The van der Waals surface area contributed by atoms with Crippen molar-refractivity contribution in [3.05, 3.63) is 33.8 Å². The van der Waals surface area contributed by atoms with E-state index >= 15 is 0 Å². The van der Waals surface area contributed by atoms with Gasteiger partial charge in [0.15, 0.2) is 0 Å². The summed E-state index contributed by atoms with van der Waals surface area (Å²) in [6.07, 6.45) is 0. The monoisotopic (exact) mass is 274 g/mol. The summed E-state index contributed by atoms with van der Waals surface area (Å²) in [6.45, 7) is 6.36. The molecule has 0 aromatic heterocycles. The van der Waals surface area contributed by atoms with Gasteiger partial charge in [0.25, 0.3) is 5.24 Å². The van der Waals surface area contributed by atoms with Gasteiger partial charge in [0.1, 0.15) is 0 Å². The Bertz CT molecular complexity index is 366. The van der Waals surface area contributed by atoms with E-state index in [0.717, 1.165) is 4.47 Å². The van der Waals surface area contributed by atoms with Crippen molar-refractivity contribution >= 4 is 32.8 Å². The Balaban J connectivity index is 3.21. The molecule has 1 aromatic rings. The molecule has 14 heavy (non-hydrogen) atoms. The molecule has 0 heterocycles. The lowest BCUT2D eigenvalue weighted by atomic mass is 9.87. The van der Waals surface area contributed by atoms with Crippen LogP contribution < -0.4 is 0 Å². The van der Waals surface area contributed by atoms with Crippen molar-refractivity contribution < 1.29 is 4.79 Å². The van der Waals surface area contributed by atoms with Crippen LogP contribution >= 0.6 is 27.5 Å². The standard InChI is InChI=1S/C11H12BrClO/c1-11(2,3)8-5-4-7(10(13)14)6-9(8)12/h4-6H,1-3H3. The molecule has 0 aliphatic carbocycles. The van der Waals surface area contributed by atoms with Crippen LogP contribution in [0.5, 0.6) is 0 Å². The van der Waals surface area contributed by atoms with Gasteiger partial charge in [0.2, 0.25) is 0 Å². The Morgan fingerprint density at radius 3 is 2.29 bits per heavy atom. The summed E-state index contributed by atoms with van der Waals surface area (Å²) < 4.78 is 0.927. The molecule has 0 unspecified atom stereocenters. The van der Waals surface area contributed by atoms with Crippen molar-refractivity contribution in [2.24, 2.45) is 0 Å². The van der Waals surface area contributed by atoms with E-state index in [1.165, 1.54) is 5.56 Å². The number of hydrogen-bond donors (Lipinski definition) is 0. The minimum absolute atomic E-state index is 0.0622. The maximum atomic E-state index is 10.9. The molecule has 1 nitrogen and oxygen atoms in total. The fourth-order valence-electron chi connectivity index (χ4n) is 1.25. The molecule has 76 valence electrons. The molecule has 0 aliphatic rings. The van der Waals surface area contributed by atoms with E-state index in [1.54, 1.807) is 12.1 Å². The van der Waals surface area contributed by atoms with E-state index in [9.17, 15) is 4.79 Å². The molecular formula is C11H12BrClO. The number of halogens is 2. The molecular weight excluding hydrogens is 263 g/mol. The predicted molar refractivity (Wildman–Crippen MR) is 63.0 cm³/mol. The Morgan fingerprint density at radius 1 is 1.36 bits per heavy atom. The van der Waals surface area contributed by atoms with Crippen LogP contribution in [-0.4, -0.2) is 5.24 Å². The molecule has 0 aliphatic heterocycles. The van der Waals surface area contributed by atoms with Crippen LogP contribution in [0, 0.1) is 0 Å². The number of hydrogen-bond acceptors (Lipinski definition) is 1. The van der Waals surface area contributed by atoms with Gasteiger partial charge in [-0.15, -0.1) is 0 Å². The third-order valence-electron chi connectivity index (χ3n) is 2.00. The zero-order valence-electron chi connectivity index (χ0n) is 8.40. The second-order valence-corrected chi connectivity index (χ2v) is 5.42. The molecule has 0 N–H and O–H groups in total. The second kappa shape index (κ2) is 4.03. The Labute approximate surface area is 97.6 Å². The SMILES string of the molecule is CC(C)(C)c1ccc(C(=O)Cl)cc1Br. The zero-order valence-corrected chi connectivity index (χ0v) is 10.7. The molecule has 0 saturated heterocycles. The summed E-state index contributed by atoms with van der Waals surface area (Å²) in [7, 11) is 0. The van der Waals surface area contributed by atoms with E-state index < -0.39 is 5.24 Å². The predicted octanol–water partition coefficient (Wildman–Crippen LogP) is 4.13. The van der Waals surface area contributed by atoms with Crippen molar-refractivity contribution in [3.63, 3.8) is 0 Å². The summed E-state index contributed by atoms with van der Waals surface area (Å²) in [4.78, 5) is 10.9. The Kier molecular flexibility index (Phi) is 3.38. The molecule has 1 rings (SSSR count). The highest BCUT2D eigenvalue weighted by molar-refractivity contribution is 9.10. The van der Waals surface area contributed by atoms with E-state index in [0.29, 0.717) is 5.56 Å². The van der Waals surface area contributed by atoms with E-state index in [2.05, 4.69) is 36.7 Å². The van der Waals surface area contributed by atoms with E-state index in [-0.39, 0.29) is 5.41 Å². The molecule has 0 amide bonds. The van der Waals surface area contributed by atoms with Crippen molar-refractivity contribution in [1.82, 2.24) is 0 Å². The fraction of sp³-hybridized carbons (Fsp3) is 0.364. The first-order valence-electron chi connectivity index (χ1n) is 4.32. The summed E-state index contributed by atoms with van der Waals surface area (Å²) in [5.41, 5.74) is 1.75. The van der Waals surface area contributed by atoms with Crippen molar-refractivity contribution in [3.8, 4) is 0 Å². The van der Waals surface area contributed by atoms with E-state index in [4.69, 9.17) is 11.6 Å². The van der Waals surface area contributed by atoms with Crippen LogP contribution in [0.2, 0.25) is 0 Å². The summed E-state index contributed by atoms with van der Waals surface area (Å²) in [5.74, 6) is 0. The molecule has 0 atom stereocenters. The first kappa shape index (κ1) is 11.7. The average Bonchev–Trinajstić information content (AvgIpc) is 2.01. The zero-order chi connectivity index (χ0) is 10.9. The summed E-state index contributed by atoms with van der Waals surface area (Å²) in [6, 6.07) is 5.44. The summed E-state index contributed by atoms with van der Waals surface area (Å²) >= 11 is 8.82. The van der Waals surface area contributed by atoms with Crippen LogP contribution in [0.3, 0.4) is 0 Å². The number of benzene rings is 1. The minimum atomic E-state index is -0.425. The van der Waals surface area contributed by atoms with Crippen LogP contribution in [0.15, 0.2) is 22.7 Å². The lowest BCUT2D eigenvalue weighted by Crippen LogP contribution is -2.12. The second-order valence-electron chi connectivity index (χ2n) is 4.22. The van der Waals surface area contributed by atoms with Crippen molar-refractivity contribution in [2.75, 3.05) is 0 Å². The fourth-order valence-corrected chi connectivity index (χ4v) is 2.34. The van der Waals surface area contributed by atoms with Crippen molar-refractivity contribution in [2.45, 2.75) is 26.2 Å². The number of carbonyl (C=O) groups excluding carboxylic acids is 1. The van der Waals surface area contributed by atoms with Gasteiger partial charge in [0.05, 0.1) is 0 Å². The lowest BCUT2D eigenvalue weighted by Gasteiger charge is -2.20. The van der Waals surface area contributed by atoms with Gasteiger partial charge in [-0.25, -0.2) is 0 Å². The Hall–Kier alpha value is -0.340. The van der Waals surface area contributed by atoms with E-state index in [1.807, 2.05) is 6.07 Å². The van der Waals surface area contributed by atoms with Gasteiger partial charge in [-0.05, 0) is 34.7 Å². The minimum Gasteiger partial charge on any atom is -0.276 e. The number of rotatable bonds is 1. The highest BCUT2D eigenvalue weighted by Gasteiger charge is 2.17. The Morgan fingerprint density at radius 2 is 1.93 bits per heavy atom. The molecule has 0 spiro atoms. The average molecular weight is 276 g/mol. The van der Waals surface area contributed by atoms with Gasteiger partial charge in [-0.3, -0.25) is 4.79 Å². The maximum Gasteiger partial charge on any atom is 0.252 e. The topological polar surface area (TPSA) is 17.1 Å². The number of carbonyl (C=O) groups is 1. The van der Waals surface area contributed by atoms with Gasteiger partial charge >= 0.3 is 0 Å². The highest BCUT2D eigenvalue weighted by Crippen LogP contribution is 2.30. The smallest absolute Gasteiger partial charge is 0.252 e. The largest absolute Gasteiger partial charge is 0.276 e. The van der Waals surface area contributed by atoms with Crippen LogP contribution in [0.1, 0.15) is 36.7 Å². The van der Waals surface area contributed by atoms with Crippen molar-refractivity contribution in [1.29, 1.82) is 0 Å². The molecule has 1 aromatic carbocycles. The third kappa shape index (κ3) is 2.58. The molecule has 0 bridgehead atoms. The van der Waals surface area contributed by atoms with Gasteiger partial charge < -0.3 is 0 Å². The highest BCUT2D eigenvalue weighted by atomic mass is 79.9. The maximum absolute atomic E-state index is 10.9. The van der Waals surface area contributed by atoms with Gasteiger partial charge in [-0.2, -0.15) is 0 Å². The molecule has 0 fully saturated rings. The van der Waals surface area contributed by atoms with Crippen LogP contribution in [0.25, 0.3) is 0 Å². The van der Waals surface area contributed by atoms with Gasteiger partial charge in [-0.1, -0.05) is 42.8 Å². The van der Waals surface area contributed by atoms with Crippen LogP contribution in [0.4, 0.5) is 0 Å². The molecule has 0 saturated carbocycles. The molecule has 0 radical (unpaired) electrons. The third-order valence-corrected chi connectivity index (χ3v) is 2.88. The van der Waals surface area contributed by atoms with Gasteiger partial charge in [0, 0.05) is 10.0 Å². The first-order chi connectivity index (χ1) is 6.32. The first-order valence-corrected chi connectivity index (χ1v) is 5.49. The summed E-state index contributed by atoms with van der Waals surface area (Å²) in [5, 5.41) is -0.425. The lowest BCUT2D eigenvalue weighted by molar-refractivity contribution is 0.108. The molecule has 3 heteroatoms. The normalized spacial score (nSPS) is 11.5. The quantitative estimate of drug-likeness (QED) is 0.705.